The standard InChI is InChI=1S/C18H30O2/c1-6-16-10-11-17(18(12-16)19-5)20-13-15(4)9-7-8-14(2)3/h10-12,14-15H,6-9,13H2,1-5H3. The van der Waals surface area contributed by atoms with Gasteiger partial charge in [-0.15, -0.1) is 0 Å². The zero-order valence-electron chi connectivity index (χ0n) is 13.7. The lowest BCUT2D eigenvalue weighted by atomic mass is 10.0. The van der Waals surface area contributed by atoms with Crippen molar-refractivity contribution in [3.63, 3.8) is 0 Å². The molecule has 1 aromatic carbocycles. The first-order valence-electron chi connectivity index (χ1n) is 7.86. The molecule has 0 saturated carbocycles. The summed E-state index contributed by atoms with van der Waals surface area (Å²) >= 11 is 0. The summed E-state index contributed by atoms with van der Waals surface area (Å²) in [5.41, 5.74) is 1.28. The van der Waals surface area contributed by atoms with Gasteiger partial charge in [-0.1, -0.05) is 46.6 Å². The van der Waals surface area contributed by atoms with Gasteiger partial charge >= 0.3 is 0 Å². The van der Waals surface area contributed by atoms with Crippen molar-refractivity contribution in [3.05, 3.63) is 23.8 Å². The summed E-state index contributed by atoms with van der Waals surface area (Å²) in [6, 6.07) is 6.21. The van der Waals surface area contributed by atoms with E-state index in [4.69, 9.17) is 9.47 Å². The second-order valence-corrected chi connectivity index (χ2v) is 6.08. The SMILES string of the molecule is CCc1ccc(OCC(C)CCCC(C)C)c(OC)c1. The Morgan fingerprint density at radius 2 is 1.80 bits per heavy atom. The minimum absolute atomic E-state index is 0.587. The number of methoxy groups -OCH3 is 1. The van der Waals surface area contributed by atoms with E-state index in [0.717, 1.165) is 30.4 Å². The Kier molecular flexibility index (Phi) is 7.50. The van der Waals surface area contributed by atoms with Crippen LogP contribution < -0.4 is 9.47 Å². The van der Waals surface area contributed by atoms with E-state index in [2.05, 4.69) is 39.8 Å². The van der Waals surface area contributed by atoms with E-state index in [-0.39, 0.29) is 0 Å². The molecule has 0 N–H and O–H groups in total. The molecule has 0 radical (unpaired) electrons. The molecule has 20 heavy (non-hydrogen) atoms. The van der Waals surface area contributed by atoms with Crippen LogP contribution in [0.1, 0.15) is 52.5 Å². The van der Waals surface area contributed by atoms with Gasteiger partial charge in [0.15, 0.2) is 11.5 Å². The van der Waals surface area contributed by atoms with Crippen LogP contribution in [0.3, 0.4) is 0 Å². The number of benzene rings is 1. The van der Waals surface area contributed by atoms with Crippen molar-refractivity contribution in [2.45, 2.75) is 53.4 Å². The second kappa shape index (κ2) is 8.89. The molecule has 1 unspecified atom stereocenters. The maximum atomic E-state index is 5.92. The Hall–Kier alpha value is -1.18. The third kappa shape index (κ3) is 5.85. The van der Waals surface area contributed by atoms with Gasteiger partial charge in [0.05, 0.1) is 13.7 Å². The normalized spacial score (nSPS) is 12.5. The molecular formula is C18H30O2. The van der Waals surface area contributed by atoms with Crippen LogP contribution in [0.25, 0.3) is 0 Å². The highest BCUT2D eigenvalue weighted by Crippen LogP contribution is 2.29. The van der Waals surface area contributed by atoms with Gasteiger partial charge in [0.1, 0.15) is 0 Å². The molecule has 0 bridgehead atoms. The van der Waals surface area contributed by atoms with Gasteiger partial charge in [-0.05, 0) is 42.4 Å². The summed E-state index contributed by atoms with van der Waals surface area (Å²) in [6.07, 6.45) is 4.84. The van der Waals surface area contributed by atoms with Crippen molar-refractivity contribution in [3.8, 4) is 11.5 Å². The Bertz CT molecular complexity index is 385. The lowest BCUT2D eigenvalue weighted by molar-refractivity contribution is 0.237. The molecule has 0 aliphatic rings. The van der Waals surface area contributed by atoms with Crippen molar-refractivity contribution in [1.82, 2.24) is 0 Å². The number of rotatable bonds is 9. The molecule has 0 fully saturated rings. The Labute approximate surface area is 124 Å². The highest BCUT2D eigenvalue weighted by atomic mass is 16.5. The molecule has 2 nitrogen and oxygen atoms in total. The van der Waals surface area contributed by atoms with E-state index in [1.807, 2.05) is 6.07 Å². The van der Waals surface area contributed by atoms with E-state index in [9.17, 15) is 0 Å². The molecular weight excluding hydrogens is 248 g/mol. The van der Waals surface area contributed by atoms with Gasteiger partial charge in [0.25, 0.3) is 0 Å². The summed E-state index contributed by atoms with van der Waals surface area (Å²) in [6.45, 7) is 9.72. The Balaban J connectivity index is 2.44. The summed E-state index contributed by atoms with van der Waals surface area (Å²) in [7, 11) is 1.70. The van der Waals surface area contributed by atoms with E-state index in [0.29, 0.717) is 5.92 Å². The Morgan fingerprint density at radius 3 is 2.40 bits per heavy atom. The summed E-state index contributed by atoms with van der Waals surface area (Å²) in [5, 5.41) is 0. The van der Waals surface area contributed by atoms with Crippen LogP contribution >= 0.6 is 0 Å². The van der Waals surface area contributed by atoms with Crippen molar-refractivity contribution < 1.29 is 9.47 Å². The number of ether oxygens (including phenoxy) is 2. The van der Waals surface area contributed by atoms with Crippen LogP contribution in [0.4, 0.5) is 0 Å². The van der Waals surface area contributed by atoms with Gasteiger partial charge in [0.2, 0.25) is 0 Å². The fourth-order valence-corrected chi connectivity index (χ4v) is 2.24. The highest BCUT2D eigenvalue weighted by Gasteiger charge is 2.08. The minimum Gasteiger partial charge on any atom is -0.493 e. The molecule has 0 aromatic heterocycles. The number of aryl methyl sites for hydroxylation is 1. The van der Waals surface area contributed by atoms with Crippen LogP contribution in [0.5, 0.6) is 11.5 Å². The van der Waals surface area contributed by atoms with Gasteiger partial charge < -0.3 is 9.47 Å². The molecule has 0 saturated heterocycles. The largest absolute Gasteiger partial charge is 0.493 e. The van der Waals surface area contributed by atoms with E-state index in [1.165, 1.54) is 24.8 Å². The predicted octanol–water partition coefficient (Wildman–Crippen LogP) is 5.10. The summed E-state index contributed by atoms with van der Waals surface area (Å²) in [4.78, 5) is 0. The molecule has 0 heterocycles. The maximum absolute atomic E-state index is 5.92. The predicted molar refractivity (Wildman–Crippen MR) is 85.7 cm³/mol. The average molecular weight is 278 g/mol. The minimum atomic E-state index is 0.587. The third-order valence-electron chi connectivity index (χ3n) is 3.64. The third-order valence-corrected chi connectivity index (χ3v) is 3.64. The summed E-state index contributed by atoms with van der Waals surface area (Å²) < 4.78 is 11.3. The van der Waals surface area contributed by atoms with Crippen LogP contribution in [-0.4, -0.2) is 13.7 Å². The first-order chi connectivity index (χ1) is 9.56. The molecule has 0 amide bonds. The lowest BCUT2D eigenvalue weighted by Gasteiger charge is -2.16. The zero-order chi connectivity index (χ0) is 15.0. The molecule has 0 aliphatic heterocycles. The van der Waals surface area contributed by atoms with Crippen LogP contribution in [0.15, 0.2) is 18.2 Å². The average Bonchev–Trinajstić information content (AvgIpc) is 2.44. The van der Waals surface area contributed by atoms with E-state index >= 15 is 0 Å². The number of hydrogen-bond acceptors (Lipinski definition) is 2. The smallest absolute Gasteiger partial charge is 0.161 e. The fraction of sp³-hybridized carbons (Fsp3) is 0.667. The fourth-order valence-electron chi connectivity index (χ4n) is 2.24. The maximum Gasteiger partial charge on any atom is 0.161 e. The second-order valence-electron chi connectivity index (χ2n) is 6.08. The molecule has 0 spiro atoms. The van der Waals surface area contributed by atoms with E-state index in [1.54, 1.807) is 7.11 Å². The summed E-state index contributed by atoms with van der Waals surface area (Å²) in [5.74, 6) is 3.09. The van der Waals surface area contributed by atoms with Crippen LogP contribution in [0.2, 0.25) is 0 Å². The first kappa shape index (κ1) is 16.9. The van der Waals surface area contributed by atoms with E-state index < -0.39 is 0 Å². The van der Waals surface area contributed by atoms with Crippen molar-refractivity contribution in [1.29, 1.82) is 0 Å². The van der Waals surface area contributed by atoms with Crippen molar-refractivity contribution in [2.75, 3.05) is 13.7 Å². The van der Waals surface area contributed by atoms with Crippen LogP contribution in [-0.2, 0) is 6.42 Å². The number of hydrogen-bond donors (Lipinski definition) is 0. The quantitative estimate of drug-likeness (QED) is 0.625. The van der Waals surface area contributed by atoms with Crippen molar-refractivity contribution >= 4 is 0 Å². The topological polar surface area (TPSA) is 18.5 Å². The Morgan fingerprint density at radius 1 is 1.05 bits per heavy atom. The first-order valence-corrected chi connectivity index (χ1v) is 7.86. The lowest BCUT2D eigenvalue weighted by Crippen LogP contribution is -2.09. The van der Waals surface area contributed by atoms with Crippen molar-refractivity contribution in [2.24, 2.45) is 11.8 Å². The molecule has 1 atom stereocenters. The molecule has 0 aliphatic carbocycles. The zero-order valence-corrected chi connectivity index (χ0v) is 13.7. The molecule has 1 aromatic rings. The van der Waals surface area contributed by atoms with Gasteiger partial charge in [-0.25, -0.2) is 0 Å². The molecule has 114 valence electrons. The highest BCUT2D eigenvalue weighted by molar-refractivity contribution is 5.42. The monoisotopic (exact) mass is 278 g/mol. The molecule has 1 rings (SSSR count). The van der Waals surface area contributed by atoms with Gasteiger partial charge in [-0.3, -0.25) is 0 Å². The van der Waals surface area contributed by atoms with Gasteiger partial charge in [0, 0.05) is 0 Å². The molecule has 2 heteroatoms. The van der Waals surface area contributed by atoms with Crippen LogP contribution in [0, 0.1) is 11.8 Å². The van der Waals surface area contributed by atoms with Gasteiger partial charge in [-0.2, -0.15) is 0 Å².